The molecule has 0 saturated heterocycles. The summed E-state index contributed by atoms with van der Waals surface area (Å²) in [4.78, 5) is 0. The van der Waals surface area contributed by atoms with Gasteiger partial charge in [0.25, 0.3) is 0 Å². The van der Waals surface area contributed by atoms with Gasteiger partial charge in [-0.25, -0.2) is 0 Å². The quantitative estimate of drug-likeness (QED) is 0.692. The molecular weight excluding hydrogens is 197 g/mol. The summed E-state index contributed by atoms with van der Waals surface area (Å²) in [6, 6.07) is 1.87. The molecule has 12 heavy (non-hydrogen) atoms. The molecule has 0 aromatic carbocycles. The zero-order chi connectivity index (χ0) is 7.68. The highest BCUT2D eigenvalue weighted by molar-refractivity contribution is 6.29. The average Bonchev–Trinajstić information content (AvgIpc) is 2.04. The molecule has 0 amide bonds. The standard InChI is InChI=1S/C7H8ClN3.ClH/c8-7-3-5-4-9-2-1-6(5)10-11-7;/h3,9H,1-2,4H2;1H. The third kappa shape index (κ3) is 1.86. The molecular formula is C7H9Cl2N3. The minimum absolute atomic E-state index is 0. The Morgan fingerprint density at radius 3 is 3.08 bits per heavy atom. The van der Waals surface area contributed by atoms with Crippen LogP contribution in [0, 0.1) is 0 Å². The summed E-state index contributed by atoms with van der Waals surface area (Å²) >= 11 is 5.68. The predicted molar refractivity (Wildman–Crippen MR) is 49.7 cm³/mol. The maximum absolute atomic E-state index is 5.68. The normalized spacial score (nSPS) is 14.8. The predicted octanol–water partition coefficient (Wildman–Crippen LogP) is 1.20. The lowest BCUT2D eigenvalue weighted by atomic mass is 10.1. The number of fused-ring (bicyclic) bond motifs is 1. The van der Waals surface area contributed by atoms with Crippen molar-refractivity contribution in [2.75, 3.05) is 6.54 Å². The molecule has 2 rings (SSSR count). The number of nitrogens with one attached hydrogen (secondary N) is 1. The summed E-state index contributed by atoms with van der Waals surface area (Å²) in [6.07, 6.45) is 0.958. The number of aromatic nitrogens is 2. The van der Waals surface area contributed by atoms with Crippen LogP contribution in [0.2, 0.25) is 5.15 Å². The van der Waals surface area contributed by atoms with Crippen molar-refractivity contribution in [2.45, 2.75) is 13.0 Å². The van der Waals surface area contributed by atoms with E-state index < -0.39 is 0 Å². The van der Waals surface area contributed by atoms with Crippen LogP contribution in [0.3, 0.4) is 0 Å². The van der Waals surface area contributed by atoms with E-state index in [2.05, 4.69) is 15.5 Å². The van der Waals surface area contributed by atoms with Crippen LogP contribution in [0.5, 0.6) is 0 Å². The van der Waals surface area contributed by atoms with Gasteiger partial charge in [0.05, 0.1) is 5.69 Å². The lowest BCUT2D eigenvalue weighted by molar-refractivity contribution is 0.620. The van der Waals surface area contributed by atoms with Gasteiger partial charge in [-0.1, -0.05) is 11.6 Å². The molecule has 1 aliphatic heterocycles. The molecule has 1 N–H and O–H groups in total. The molecule has 1 aromatic rings. The van der Waals surface area contributed by atoms with E-state index in [0.29, 0.717) is 5.15 Å². The molecule has 0 bridgehead atoms. The summed E-state index contributed by atoms with van der Waals surface area (Å²) in [6.45, 7) is 1.86. The smallest absolute Gasteiger partial charge is 0.152 e. The van der Waals surface area contributed by atoms with Crippen LogP contribution in [0.1, 0.15) is 11.3 Å². The number of halogens is 2. The molecule has 0 aliphatic carbocycles. The second-order valence-electron chi connectivity index (χ2n) is 2.57. The number of hydrogen-bond acceptors (Lipinski definition) is 3. The number of nitrogens with zero attached hydrogens (tertiary/aromatic N) is 2. The SMILES string of the molecule is Cl.Clc1cc2c(nn1)CCNC2. The van der Waals surface area contributed by atoms with E-state index in [4.69, 9.17) is 11.6 Å². The average molecular weight is 206 g/mol. The first-order valence-electron chi connectivity index (χ1n) is 3.58. The summed E-state index contributed by atoms with van der Waals surface area (Å²) < 4.78 is 0. The van der Waals surface area contributed by atoms with Crippen LogP contribution < -0.4 is 5.32 Å². The molecule has 3 nitrogen and oxygen atoms in total. The second-order valence-corrected chi connectivity index (χ2v) is 2.95. The van der Waals surface area contributed by atoms with Gasteiger partial charge in [-0.2, -0.15) is 5.10 Å². The van der Waals surface area contributed by atoms with Crippen LogP contribution in [0.25, 0.3) is 0 Å². The fraction of sp³-hybridized carbons (Fsp3) is 0.429. The Morgan fingerprint density at radius 2 is 2.25 bits per heavy atom. The van der Waals surface area contributed by atoms with Crippen LogP contribution in [0.4, 0.5) is 0 Å². The minimum atomic E-state index is 0. The van der Waals surface area contributed by atoms with E-state index in [0.717, 1.165) is 25.2 Å². The summed E-state index contributed by atoms with van der Waals surface area (Å²) in [5.41, 5.74) is 2.25. The summed E-state index contributed by atoms with van der Waals surface area (Å²) in [5, 5.41) is 11.5. The van der Waals surface area contributed by atoms with Crippen molar-refractivity contribution in [2.24, 2.45) is 0 Å². The van der Waals surface area contributed by atoms with Gasteiger partial charge in [0, 0.05) is 19.5 Å². The molecule has 0 radical (unpaired) electrons. The van der Waals surface area contributed by atoms with Gasteiger partial charge in [0.15, 0.2) is 5.15 Å². The van der Waals surface area contributed by atoms with Gasteiger partial charge in [-0.05, 0) is 11.6 Å². The van der Waals surface area contributed by atoms with Crippen molar-refractivity contribution in [3.05, 3.63) is 22.5 Å². The monoisotopic (exact) mass is 205 g/mol. The molecule has 0 unspecified atom stereocenters. The Hall–Kier alpha value is -0.380. The number of hydrogen-bond donors (Lipinski definition) is 1. The zero-order valence-electron chi connectivity index (χ0n) is 6.38. The van der Waals surface area contributed by atoms with Gasteiger partial charge in [0.1, 0.15) is 0 Å². The Labute approximate surface area is 81.9 Å². The number of rotatable bonds is 0. The van der Waals surface area contributed by atoms with Crippen molar-refractivity contribution in [3.8, 4) is 0 Å². The molecule has 66 valence electrons. The van der Waals surface area contributed by atoms with E-state index >= 15 is 0 Å². The molecule has 5 heteroatoms. The third-order valence-electron chi connectivity index (χ3n) is 1.78. The van der Waals surface area contributed by atoms with Crippen molar-refractivity contribution < 1.29 is 0 Å². The molecule has 1 aromatic heterocycles. The van der Waals surface area contributed by atoms with Crippen LogP contribution >= 0.6 is 24.0 Å². The Bertz CT molecular complexity index is 277. The van der Waals surface area contributed by atoms with Gasteiger partial charge in [-0.15, -0.1) is 17.5 Å². The fourth-order valence-corrected chi connectivity index (χ4v) is 1.39. The molecule has 1 aliphatic rings. The first-order valence-corrected chi connectivity index (χ1v) is 3.96. The molecule has 0 atom stereocenters. The highest BCUT2D eigenvalue weighted by Gasteiger charge is 2.09. The highest BCUT2D eigenvalue weighted by Crippen LogP contribution is 2.13. The lowest BCUT2D eigenvalue weighted by Gasteiger charge is -2.14. The second kappa shape index (κ2) is 4.03. The Morgan fingerprint density at radius 1 is 1.42 bits per heavy atom. The first kappa shape index (κ1) is 9.71. The third-order valence-corrected chi connectivity index (χ3v) is 1.97. The van der Waals surface area contributed by atoms with Crippen LogP contribution in [-0.4, -0.2) is 16.7 Å². The molecule has 0 saturated carbocycles. The van der Waals surface area contributed by atoms with E-state index in [1.807, 2.05) is 6.07 Å². The van der Waals surface area contributed by atoms with E-state index in [1.54, 1.807) is 0 Å². The van der Waals surface area contributed by atoms with E-state index in [-0.39, 0.29) is 12.4 Å². The van der Waals surface area contributed by atoms with Gasteiger partial charge >= 0.3 is 0 Å². The first-order chi connectivity index (χ1) is 5.36. The topological polar surface area (TPSA) is 37.8 Å². The summed E-state index contributed by atoms with van der Waals surface area (Å²) in [5.74, 6) is 0. The zero-order valence-corrected chi connectivity index (χ0v) is 7.95. The van der Waals surface area contributed by atoms with Gasteiger partial charge in [-0.3, -0.25) is 0 Å². The molecule has 0 fully saturated rings. The Balaban J connectivity index is 0.000000720. The largest absolute Gasteiger partial charge is 0.312 e. The Kier molecular flexibility index (Phi) is 3.26. The van der Waals surface area contributed by atoms with Gasteiger partial charge in [0.2, 0.25) is 0 Å². The highest BCUT2D eigenvalue weighted by atomic mass is 35.5. The molecule has 2 heterocycles. The lowest BCUT2D eigenvalue weighted by Crippen LogP contribution is -2.24. The van der Waals surface area contributed by atoms with E-state index in [1.165, 1.54) is 5.56 Å². The summed E-state index contributed by atoms with van der Waals surface area (Å²) in [7, 11) is 0. The fourth-order valence-electron chi connectivity index (χ4n) is 1.22. The van der Waals surface area contributed by atoms with E-state index in [9.17, 15) is 0 Å². The van der Waals surface area contributed by atoms with Crippen molar-refractivity contribution in [1.29, 1.82) is 0 Å². The van der Waals surface area contributed by atoms with Gasteiger partial charge < -0.3 is 5.32 Å². The van der Waals surface area contributed by atoms with Crippen molar-refractivity contribution in [3.63, 3.8) is 0 Å². The minimum Gasteiger partial charge on any atom is -0.312 e. The van der Waals surface area contributed by atoms with Crippen molar-refractivity contribution in [1.82, 2.24) is 15.5 Å². The van der Waals surface area contributed by atoms with Crippen LogP contribution in [-0.2, 0) is 13.0 Å². The van der Waals surface area contributed by atoms with Crippen molar-refractivity contribution >= 4 is 24.0 Å². The maximum atomic E-state index is 5.68. The maximum Gasteiger partial charge on any atom is 0.152 e. The van der Waals surface area contributed by atoms with Crippen LogP contribution in [0.15, 0.2) is 6.07 Å². The molecule has 0 spiro atoms.